The van der Waals surface area contributed by atoms with Crippen LogP contribution in [0.25, 0.3) is 0 Å². The van der Waals surface area contributed by atoms with Gasteiger partial charge < -0.3 is 9.64 Å². The lowest BCUT2D eigenvalue weighted by molar-refractivity contribution is -0.134. The lowest BCUT2D eigenvalue weighted by atomic mass is 10.0. The molecular weight excluding hydrogens is 290 g/mol. The van der Waals surface area contributed by atoms with Crippen LogP contribution in [0.5, 0.6) is 0 Å². The molecule has 1 heterocycles. The maximum Gasteiger partial charge on any atom is 0.222 e. The lowest BCUT2D eigenvalue weighted by Crippen LogP contribution is -2.43. The zero-order valence-electron chi connectivity index (χ0n) is 12.9. The van der Waals surface area contributed by atoms with Gasteiger partial charge in [0.05, 0.1) is 18.1 Å². The van der Waals surface area contributed by atoms with E-state index in [2.05, 4.69) is 0 Å². The number of carbonyl (C=O) groups is 1. The average molecular weight is 317 g/mol. The molecule has 1 amide bonds. The van der Waals surface area contributed by atoms with Crippen LogP contribution in [0.1, 0.15) is 44.9 Å². The summed E-state index contributed by atoms with van der Waals surface area (Å²) in [5.74, 6) is 1.11. The van der Waals surface area contributed by atoms with Gasteiger partial charge in [-0.25, -0.2) is 8.42 Å². The van der Waals surface area contributed by atoms with Crippen LogP contribution in [0.3, 0.4) is 0 Å². The number of amides is 1. The number of nitrogens with zero attached hydrogens (tertiary/aromatic N) is 1. The Labute approximate surface area is 127 Å². The number of ether oxygens (including phenoxy) is 1. The number of hydrogen-bond donors (Lipinski definition) is 0. The molecule has 0 spiro atoms. The van der Waals surface area contributed by atoms with E-state index in [0.29, 0.717) is 31.9 Å². The molecule has 0 aromatic heterocycles. The first-order valence-corrected chi connectivity index (χ1v) is 9.83. The zero-order valence-corrected chi connectivity index (χ0v) is 13.7. The van der Waals surface area contributed by atoms with Crippen LogP contribution in [-0.2, 0) is 19.4 Å². The van der Waals surface area contributed by atoms with Gasteiger partial charge in [0.1, 0.15) is 0 Å². The third-order valence-corrected chi connectivity index (χ3v) is 6.50. The van der Waals surface area contributed by atoms with Crippen LogP contribution in [-0.4, -0.2) is 57.0 Å². The first-order valence-electron chi connectivity index (χ1n) is 8.00. The fourth-order valence-corrected chi connectivity index (χ4v) is 5.22. The summed E-state index contributed by atoms with van der Waals surface area (Å²) >= 11 is 0. The Morgan fingerprint density at radius 2 is 1.95 bits per heavy atom. The van der Waals surface area contributed by atoms with Gasteiger partial charge in [-0.15, -0.1) is 0 Å². The fourth-order valence-electron chi connectivity index (χ4n) is 3.49. The second-order valence-electron chi connectivity index (χ2n) is 6.33. The summed E-state index contributed by atoms with van der Waals surface area (Å²) < 4.78 is 28.3. The number of sulfone groups is 1. The second-order valence-corrected chi connectivity index (χ2v) is 8.55. The summed E-state index contributed by atoms with van der Waals surface area (Å²) in [6.07, 6.45) is 7.11. The van der Waals surface area contributed by atoms with E-state index in [4.69, 9.17) is 4.74 Å². The first kappa shape index (κ1) is 16.7. The minimum absolute atomic E-state index is 0.0982. The SMILES string of the molecule is COCCN(C(=O)CCC1CCCC1)[C@@H]1CCS(=O)(=O)C1. The fraction of sp³-hybridized carbons (Fsp3) is 0.933. The van der Waals surface area contributed by atoms with Crippen LogP contribution in [0, 0.1) is 5.92 Å². The Kier molecular flexibility index (Phi) is 6.05. The minimum atomic E-state index is -2.96. The Morgan fingerprint density at radius 3 is 2.52 bits per heavy atom. The Morgan fingerprint density at radius 1 is 1.24 bits per heavy atom. The van der Waals surface area contributed by atoms with Gasteiger partial charge in [-0.05, 0) is 18.8 Å². The van der Waals surface area contributed by atoms with Crippen molar-refractivity contribution in [2.45, 2.75) is 51.0 Å². The molecular formula is C15H27NO4S. The molecule has 6 heteroatoms. The molecule has 1 aliphatic carbocycles. The highest BCUT2D eigenvalue weighted by Gasteiger charge is 2.34. The smallest absolute Gasteiger partial charge is 0.222 e. The number of rotatable bonds is 7. The number of methoxy groups -OCH3 is 1. The van der Waals surface area contributed by atoms with Gasteiger partial charge in [0, 0.05) is 26.1 Å². The quantitative estimate of drug-likeness (QED) is 0.716. The molecule has 122 valence electrons. The molecule has 2 fully saturated rings. The van der Waals surface area contributed by atoms with Crippen molar-refractivity contribution in [3.05, 3.63) is 0 Å². The van der Waals surface area contributed by atoms with Gasteiger partial charge in [0.15, 0.2) is 9.84 Å². The molecule has 0 unspecified atom stereocenters. The lowest BCUT2D eigenvalue weighted by Gasteiger charge is -2.28. The molecule has 0 N–H and O–H groups in total. The van der Waals surface area contributed by atoms with Crippen molar-refractivity contribution < 1.29 is 17.9 Å². The molecule has 2 rings (SSSR count). The third-order valence-electron chi connectivity index (χ3n) is 4.75. The molecule has 0 aromatic carbocycles. The van der Waals surface area contributed by atoms with Gasteiger partial charge in [0.25, 0.3) is 0 Å². The second kappa shape index (κ2) is 7.58. The first-order chi connectivity index (χ1) is 10.0. The van der Waals surface area contributed by atoms with Crippen LogP contribution in [0.15, 0.2) is 0 Å². The molecule has 2 aliphatic rings. The molecule has 0 aromatic rings. The largest absolute Gasteiger partial charge is 0.383 e. The molecule has 0 bridgehead atoms. The van der Waals surface area contributed by atoms with Gasteiger partial charge in [-0.3, -0.25) is 4.79 Å². The molecule has 0 radical (unpaired) electrons. The molecule has 1 aliphatic heterocycles. The van der Waals surface area contributed by atoms with Crippen molar-refractivity contribution in [3.8, 4) is 0 Å². The zero-order chi connectivity index (χ0) is 15.3. The minimum Gasteiger partial charge on any atom is -0.383 e. The molecule has 21 heavy (non-hydrogen) atoms. The average Bonchev–Trinajstić information content (AvgIpc) is 3.06. The van der Waals surface area contributed by atoms with E-state index in [9.17, 15) is 13.2 Å². The van der Waals surface area contributed by atoms with Crippen LogP contribution in [0.2, 0.25) is 0 Å². The number of carbonyl (C=O) groups excluding carboxylic acids is 1. The maximum atomic E-state index is 12.5. The molecule has 1 saturated heterocycles. The summed E-state index contributed by atoms with van der Waals surface area (Å²) in [6, 6.07) is -0.152. The predicted octanol–water partition coefficient (Wildman–Crippen LogP) is 1.62. The monoisotopic (exact) mass is 317 g/mol. The predicted molar refractivity (Wildman–Crippen MR) is 81.8 cm³/mol. The number of hydrogen-bond acceptors (Lipinski definition) is 4. The van der Waals surface area contributed by atoms with Gasteiger partial charge in [-0.1, -0.05) is 25.7 Å². The van der Waals surface area contributed by atoms with Crippen molar-refractivity contribution in [2.24, 2.45) is 5.92 Å². The topological polar surface area (TPSA) is 63.7 Å². The van der Waals surface area contributed by atoms with E-state index in [1.165, 1.54) is 25.7 Å². The summed E-state index contributed by atoms with van der Waals surface area (Å²) in [6.45, 7) is 0.964. The maximum absolute atomic E-state index is 12.5. The van der Waals surface area contributed by atoms with Crippen molar-refractivity contribution >= 4 is 15.7 Å². The third kappa shape index (κ3) is 4.95. The summed E-state index contributed by atoms with van der Waals surface area (Å²) in [5, 5.41) is 0. The van der Waals surface area contributed by atoms with E-state index in [1.54, 1.807) is 12.0 Å². The van der Waals surface area contributed by atoms with E-state index in [-0.39, 0.29) is 23.5 Å². The summed E-state index contributed by atoms with van der Waals surface area (Å²) in [4.78, 5) is 14.2. The standard InChI is InChI=1S/C15H27NO4S/c1-20-10-9-16(14-8-11-21(18,19)12-14)15(17)7-6-13-4-2-3-5-13/h13-14H,2-12H2,1H3/t14-/m1/s1. The highest BCUT2D eigenvalue weighted by Crippen LogP contribution is 2.29. The van der Waals surface area contributed by atoms with Crippen LogP contribution >= 0.6 is 0 Å². The van der Waals surface area contributed by atoms with Gasteiger partial charge in [0.2, 0.25) is 5.91 Å². The van der Waals surface area contributed by atoms with Gasteiger partial charge >= 0.3 is 0 Å². The van der Waals surface area contributed by atoms with Crippen molar-refractivity contribution in [2.75, 3.05) is 31.8 Å². The van der Waals surface area contributed by atoms with E-state index < -0.39 is 9.84 Å². The van der Waals surface area contributed by atoms with E-state index in [0.717, 1.165) is 6.42 Å². The Bertz CT molecular complexity index is 443. The Hall–Kier alpha value is -0.620. The molecule has 5 nitrogen and oxygen atoms in total. The van der Waals surface area contributed by atoms with E-state index in [1.807, 2.05) is 0 Å². The van der Waals surface area contributed by atoms with Crippen LogP contribution in [0.4, 0.5) is 0 Å². The van der Waals surface area contributed by atoms with E-state index >= 15 is 0 Å². The normalized spacial score (nSPS) is 25.3. The van der Waals surface area contributed by atoms with Crippen LogP contribution < -0.4 is 0 Å². The molecule has 1 saturated carbocycles. The van der Waals surface area contributed by atoms with Crippen molar-refractivity contribution in [3.63, 3.8) is 0 Å². The highest BCUT2D eigenvalue weighted by atomic mass is 32.2. The highest BCUT2D eigenvalue weighted by molar-refractivity contribution is 7.91. The Balaban J connectivity index is 1.89. The summed E-state index contributed by atoms with van der Waals surface area (Å²) in [7, 11) is -1.36. The molecule has 1 atom stereocenters. The summed E-state index contributed by atoms with van der Waals surface area (Å²) in [5.41, 5.74) is 0. The van der Waals surface area contributed by atoms with Gasteiger partial charge in [-0.2, -0.15) is 0 Å². The van der Waals surface area contributed by atoms with Crippen molar-refractivity contribution in [1.82, 2.24) is 4.90 Å². The van der Waals surface area contributed by atoms with Crippen molar-refractivity contribution in [1.29, 1.82) is 0 Å².